The van der Waals surface area contributed by atoms with Crippen LogP contribution in [-0.2, 0) is 6.54 Å². The molecule has 2 heterocycles. The third kappa shape index (κ3) is 1.07. The Hall–Kier alpha value is -0.760. The van der Waals surface area contributed by atoms with Crippen molar-refractivity contribution in [3.8, 4) is 0 Å². The Morgan fingerprint density at radius 2 is 2.55 bits per heavy atom. The minimum Gasteiger partial charge on any atom is -0.396 e. The van der Waals surface area contributed by atoms with Crippen LogP contribution < -0.4 is 0 Å². The molecule has 1 N–H and O–H groups in total. The van der Waals surface area contributed by atoms with Gasteiger partial charge in [-0.1, -0.05) is 0 Å². The van der Waals surface area contributed by atoms with Crippen molar-refractivity contribution >= 4 is 0 Å². The van der Waals surface area contributed by atoms with Gasteiger partial charge in [-0.15, -0.1) is 0 Å². The second-order valence-electron chi connectivity index (χ2n) is 3.15. The number of nitrogens with zero attached hydrogens (tertiary/aromatic N) is 1. The average Bonchev–Trinajstić information content (AvgIpc) is 2.50. The minimum absolute atomic E-state index is 0.296. The van der Waals surface area contributed by atoms with E-state index in [2.05, 4.69) is 22.9 Å². The number of aliphatic hydroxyl groups excluding tert-OH is 1. The topological polar surface area (TPSA) is 25.2 Å². The van der Waals surface area contributed by atoms with Gasteiger partial charge in [0.05, 0.1) is 6.61 Å². The number of aromatic nitrogens is 1. The van der Waals surface area contributed by atoms with Gasteiger partial charge < -0.3 is 9.67 Å². The summed E-state index contributed by atoms with van der Waals surface area (Å²) in [7, 11) is 0. The first-order valence-electron chi connectivity index (χ1n) is 4.17. The first-order valence-corrected chi connectivity index (χ1v) is 4.17. The van der Waals surface area contributed by atoms with Crippen LogP contribution in [0.5, 0.6) is 0 Å². The third-order valence-electron chi connectivity index (χ3n) is 2.45. The van der Waals surface area contributed by atoms with E-state index in [0.717, 1.165) is 13.0 Å². The van der Waals surface area contributed by atoms with E-state index in [-0.39, 0.29) is 0 Å². The fraction of sp³-hybridized carbons (Fsp3) is 0.556. The quantitative estimate of drug-likeness (QED) is 0.644. The first kappa shape index (κ1) is 6.92. The van der Waals surface area contributed by atoms with E-state index in [9.17, 15) is 0 Å². The predicted octanol–water partition coefficient (Wildman–Crippen LogP) is 1.36. The zero-order valence-corrected chi connectivity index (χ0v) is 6.53. The van der Waals surface area contributed by atoms with Gasteiger partial charge in [0.15, 0.2) is 0 Å². The highest BCUT2D eigenvalue weighted by atomic mass is 16.3. The third-order valence-corrected chi connectivity index (χ3v) is 2.45. The molecule has 1 unspecified atom stereocenters. The molecular formula is C9H13NO. The summed E-state index contributed by atoms with van der Waals surface area (Å²) in [5.41, 5.74) is 1.30. The Morgan fingerprint density at radius 1 is 1.64 bits per heavy atom. The van der Waals surface area contributed by atoms with Gasteiger partial charge >= 0.3 is 0 Å². The van der Waals surface area contributed by atoms with Crippen LogP contribution in [0.25, 0.3) is 0 Å². The first-order chi connectivity index (χ1) is 5.42. The van der Waals surface area contributed by atoms with Gasteiger partial charge in [0, 0.05) is 24.4 Å². The van der Waals surface area contributed by atoms with Crippen molar-refractivity contribution in [1.29, 1.82) is 0 Å². The van der Waals surface area contributed by atoms with E-state index >= 15 is 0 Å². The van der Waals surface area contributed by atoms with Crippen molar-refractivity contribution in [2.24, 2.45) is 0 Å². The fourth-order valence-electron chi connectivity index (χ4n) is 1.84. The molecule has 0 bridgehead atoms. The Labute approximate surface area is 66.5 Å². The highest BCUT2D eigenvalue weighted by Crippen LogP contribution is 2.26. The monoisotopic (exact) mass is 151 g/mol. The zero-order chi connectivity index (χ0) is 7.68. The molecule has 0 aromatic carbocycles. The summed E-state index contributed by atoms with van der Waals surface area (Å²) in [5, 5.41) is 9.04. The highest BCUT2D eigenvalue weighted by Gasteiger charge is 2.17. The van der Waals surface area contributed by atoms with Gasteiger partial charge in [0.2, 0.25) is 0 Å². The van der Waals surface area contributed by atoms with Gasteiger partial charge in [-0.05, 0) is 25.0 Å². The molecule has 2 rings (SSSR count). The van der Waals surface area contributed by atoms with E-state index in [1.165, 1.54) is 12.1 Å². The molecule has 1 aromatic heterocycles. The number of hydrogen-bond donors (Lipinski definition) is 1. The molecular weight excluding hydrogens is 138 g/mol. The van der Waals surface area contributed by atoms with Crippen LogP contribution in [0.4, 0.5) is 0 Å². The predicted molar refractivity (Wildman–Crippen MR) is 43.5 cm³/mol. The lowest BCUT2D eigenvalue weighted by atomic mass is 9.97. The molecule has 2 heteroatoms. The van der Waals surface area contributed by atoms with E-state index < -0.39 is 0 Å². The van der Waals surface area contributed by atoms with E-state index in [4.69, 9.17) is 5.11 Å². The SMILES string of the molecule is OCC1CCCn2cccc21. The maximum Gasteiger partial charge on any atom is 0.0514 e. The number of fused-ring (bicyclic) bond motifs is 1. The van der Waals surface area contributed by atoms with Crippen LogP contribution in [0.1, 0.15) is 24.5 Å². The lowest BCUT2D eigenvalue weighted by Crippen LogP contribution is -2.16. The van der Waals surface area contributed by atoms with Crippen molar-refractivity contribution in [1.82, 2.24) is 4.57 Å². The molecule has 0 spiro atoms. The Morgan fingerprint density at radius 3 is 3.36 bits per heavy atom. The van der Waals surface area contributed by atoms with Crippen LogP contribution in [-0.4, -0.2) is 16.3 Å². The average molecular weight is 151 g/mol. The van der Waals surface area contributed by atoms with E-state index in [1.807, 2.05) is 0 Å². The van der Waals surface area contributed by atoms with Crippen LogP contribution in [0.15, 0.2) is 18.3 Å². The maximum absolute atomic E-state index is 9.04. The molecule has 0 saturated heterocycles. The zero-order valence-electron chi connectivity index (χ0n) is 6.53. The Kier molecular flexibility index (Phi) is 1.70. The minimum atomic E-state index is 0.296. The number of hydrogen-bond acceptors (Lipinski definition) is 1. The van der Waals surface area contributed by atoms with Crippen molar-refractivity contribution in [3.05, 3.63) is 24.0 Å². The summed E-state index contributed by atoms with van der Waals surface area (Å²) < 4.78 is 2.24. The lowest BCUT2D eigenvalue weighted by molar-refractivity contribution is 0.241. The van der Waals surface area contributed by atoms with Gasteiger partial charge in [-0.2, -0.15) is 0 Å². The summed E-state index contributed by atoms with van der Waals surface area (Å²) >= 11 is 0. The second kappa shape index (κ2) is 2.70. The molecule has 0 aliphatic carbocycles. The van der Waals surface area contributed by atoms with Gasteiger partial charge in [0.25, 0.3) is 0 Å². The largest absolute Gasteiger partial charge is 0.396 e. The van der Waals surface area contributed by atoms with Crippen LogP contribution >= 0.6 is 0 Å². The highest BCUT2D eigenvalue weighted by molar-refractivity contribution is 5.14. The molecule has 60 valence electrons. The summed E-state index contributed by atoms with van der Waals surface area (Å²) in [5.74, 6) is 0.388. The fourth-order valence-corrected chi connectivity index (χ4v) is 1.84. The van der Waals surface area contributed by atoms with Crippen LogP contribution in [0.2, 0.25) is 0 Å². The maximum atomic E-state index is 9.04. The molecule has 2 nitrogen and oxygen atoms in total. The molecule has 11 heavy (non-hydrogen) atoms. The standard InChI is InChI=1S/C9H13NO/c11-7-8-3-1-5-10-6-2-4-9(8)10/h2,4,6,8,11H,1,3,5,7H2. The summed E-state index contributed by atoms with van der Waals surface area (Å²) in [6.45, 7) is 1.42. The Bertz CT molecular complexity index is 241. The molecule has 0 saturated carbocycles. The summed E-state index contributed by atoms with van der Waals surface area (Å²) in [6, 6.07) is 4.17. The van der Waals surface area contributed by atoms with E-state index in [1.54, 1.807) is 0 Å². The van der Waals surface area contributed by atoms with Crippen molar-refractivity contribution < 1.29 is 5.11 Å². The van der Waals surface area contributed by atoms with Gasteiger partial charge in [0.1, 0.15) is 0 Å². The lowest BCUT2D eigenvalue weighted by Gasteiger charge is -2.22. The summed E-state index contributed by atoms with van der Waals surface area (Å²) in [4.78, 5) is 0. The molecule has 1 aromatic rings. The van der Waals surface area contributed by atoms with Gasteiger partial charge in [-0.3, -0.25) is 0 Å². The van der Waals surface area contributed by atoms with Crippen molar-refractivity contribution in [3.63, 3.8) is 0 Å². The van der Waals surface area contributed by atoms with Gasteiger partial charge in [-0.25, -0.2) is 0 Å². The normalized spacial score (nSPS) is 23.2. The van der Waals surface area contributed by atoms with Crippen LogP contribution in [0, 0.1) is 0 Å². The molecule has 0 radical (unpaired) electrons. The number of aliphatic hydroxyl groups is 1. The summed E-state index contributed by atoms with van der Waals surface area (Å²) in [6.07, 6.45) is 4.44. The second-order valence-corrected chi connectivity index (χ2v) is 3.15. The van der Waals surface area contributed by atoms with E-state index in [0.29, 0.717) is 12.5 Å². The van der Waals surface area contributed by atoms with Crippen LogP contribution in [0.3, 0.4) is 0 Å². The molecule has 0 fully saturated rings. The number of rotatable bonds is 1. The Balaban J connectivity index is 2.32. The van der Waals surface area contributed by atoms with Crippen molar-refractivity contribution in [2.75, 3.05) is 6.61 Å². The number of aryl methyl sites for hydroxylation is 1. The molecule has 1 aliphatic heterocycles. The molecule has 0 amide bonds. The molecule has 1 atom stereocenters. The smallest absolute Gasteiger partial charge is 0.0514 e. The van der Waals surface area contributed by atoms with Crippen molar-refractivity contribution in [2.45, 2.75) is 25.3 Å². The molecule has 1 aliphatic rings.